The first-order valence-corrected chi connectivity index (χ1v) is 7.45. The molecule has 0 spiro atoms. The molecule has 1 rings (SSSR count). The number of rotatable bonds is 6. The van der Waals surface area contributed by atoms with E-state index in [0.717, 1.165) is 17.1 Å². The fourth-order valence-corrected chi connectivity index (χ4v) is 2.13. The summed E-state index contributed by atoms with van der Waals surface area (Å²) in [6.07, 6.45) is 5.56. The Kier molecular flexibility index (Phi) is 7.11. The van der Waals surface area contributed by atoms with Crippen molar-refractivity contribution in [1.82, 2.24) is 5.32 Å². The van der Waals surface area contributed by atoms with Gasteiger partial charge in [-0.05, 0) is 50.5 Å². The van der Waals surface area contributed by atoms with E-state index in [9.17, 15) is 0 Å². The quantitative estimate of drug-likeness (QED) is 0.441. The van der Waals surface area contributed by atoms with Crippen LogP contribution in [0.5, 0.6) is 0 Å². The fourth-order valence-electron chi connectivity index (χ4n) is 2.13. The maximum Gasteiger partial charge on any atom is 0.0979 e. The van der Waals surface area contributed by atoms with Crippen LogP contribution in [0.4, 0.5) is 0 Å². The van der Waals surface area contributed by atoms with Crippen molar-refractivity contribution in [3.8, 4) is 0 Å². The van der Waals surface area contributed by atoms with Gasteiger partial charge in [-0.3, -0.25) is 4.99 Å². The summed E-state index contributed by atoms with van der Waals surface area (Å²) >= 11 is 0. The molecule has 0 aliphatic heterocycles. The Morgan fingerprint density at radius 1 is 1.18 bits per heavy atom. The van der Waals surface area contributed by atoms with E-state index in [4.69, 9.17) is 0 Å². The molecule has 116 valence electrons. The molecule has 0 aromatic heterocycles. The molecule has 1 aromatic rings. The highest BCUT2D eigenvalue weighted by molar-refractivity contribution is 5.82. The van der Waals surface area contributed by atoms with Crippen molar-refractivity contribution in [3.05, 3.63) is 83.6 Å². The Labute approximate surface area is 134 Å². The van der Waals surface area contributed by atoms with Crippen molar-refractivity contribution in [3.63, 3.8) is 0 Å². The molecule has 0 saturated heterocycles. The Hall–Kier alpha value is -2.35. The van der Waals surface area contributed by atoms with Crippen LogP contribution >= 0.6 is 0 Å². The summed E-state index contributed by atoms with van der Waals surface area (Å²) in [6.45, 7) is 16.5. The SMILES string of the molecule is C=C/C=C(/NC(C)=NCc1ccccc1C)C(C=C)=C(C)C. The second-order valence-electron chi connectivity index (χ2n) is 5.39. The van der Waals surface area contributed by atoms with Gasteiger partial charge in [0.05, 0.1) is 12.4 Å². The number of benzene rings is 1. The van der Waals surface area contributed by atoms with Gasteiger partial charge in [0, 0.05) is 5.70 Å². The van der Waals surface area contributed by atoms with Gasteiger partial charge in [-0.1, -0.05) is 55.1 Å². The van der Waals surface area contributed by atoms with Crippen molar-refractivity contribution >= 4 is 5.84 Å². The Morgan fingerprint density at radius 3 is 2.41 bits per heavy atom. The molecule has 0 unspecified atom stereocenters. The number of hydrogen-bond donors (Lipinski definition) is 1. The zero-order chi connectivity index (χ0) is 16.5. The van der Waals surface area contributed by atoms with Crippen LogP contribution in [0.1, 0.15) is 31.9 Å². The van der Waals surface area contributed by atoms with Gasteiger partial charge in [0.1, 0.15) is 0 Å². The molecule has 0 heterocycles. The van der Waals surface area contributed by atoms with Crippen LogP contribution in [-0.2, 0) is 6.54 Å². The van der Waals surface area contributed by atoms with Gasteiger partial charge in [0.15, 0.2) is 0 Å². The summed E-state index contributed by atoms with van der Waals surface area (Å²) in [7, 11) is 0. The van der Waals surface area contributed by atoms with Crippen LogP contribution in [0.15, 0.2) is 77.5 Å². The number of allylic oxidation sites excluding steroid dienone is 4. The van der Waals surface area contributed by atoms with E-state index in [-0.39, 0.29) is 0 Å². The molecule has 0 saturated carbocycles. The highest BCUT2D eigenvalue weighted by Gasteiger charge is 2.04. The minimum absolute atomic E-state index is 0.672. The van der Waals surface area contributed by atoms with E-state index in [2.05, 4.69) is 56.4 Å². The first-order valence-electron chi connectivity index (χ1n) is 7.45. The summed E-state index contributed by atoms with van der Waals surface area (Å²) in [5, 5.41) is 3.35. The number of aryl methyl sites for hydroxylation is 1. The standard InChI is InChI=1S/C20H26N2/c1-7-11-20(19(8-2)15(3)4)22-17(6)21-14-18-13-10-9-12-16(18)5/h7-13H,1-2,14H2,3-6H3,(H,21,22)/b20-11+. The number of aliphatic imine (C=N–C) groups is 1. The van der Waals surface area contributed by atoms with E-state index in [1.54, 1.807) is 6.08 Å². The fraction of sp³-hybridized carbons (Fsp3) is 0.250. The molecule has 0 aliphatic carbocycles. The maximum atomic E-state index is 4.63. The largest absolute Gasteiger partial charge is 0.344 e. The number of nitrogens with zero attached hydrogens (tertiary/aromatic N) is 1. The van der Waals surface area contributed by atoms with Crippen molar-refractivity contribution in [2.45, 2.75) is 34.2 Å². The smallest absolute Gasteiger partial charge is 0.0979 e. The van der Waals surface area contributed by atoms with E-state index in [0.29, 0.717) is 6.54 Å². The van der Waals surface area contributed by atoms with Gasteiger partial charge < -0.3 is 5.32 Å². The molecule has 2 nitrogen and oxygen atoms in total. The molecule has 22 heavy (non-hydrogen) atoms. The average molecular weight is 294 g/mol. The van der Waals surface area contributed by atoms with E-state index in [1.807, 2.05) is 31.2 Å². The number of amidine groups is 1. The van der Waals surface area contributed by atoms with Gasteiger partial charge in [-0.2, -0.15) is 0 Å². The van der Waals surface area contributed by atoms with Crippen molar-refractivity contribution in [1.29, 1.82) is 0 Å². The lowest BCUT2D eigenvalue weighted by Crippen LogP contribution is -2.21. The highest BCUT2D eigenvalue weighted by atomic mass is 15.0. The molecule has 0 fully saturated rings. The average Bonchev–Trinajstić information content (AvgIpc) is 2.47. The summed E-state index contributed by atoms with van der Waals surface area (Å²) in [4.78, 5) is 4.63. The zero-order valence-electron chi connectivity index (χ0n) is 14.1. The number of hydrogen-bond acceptors (Lipinski definition) is 1. The van der Waals surface area contributed by atoms with E-state index < -0.39 is 0 Å². The summed E-state index contributed by atoms with van der Waals surface area (Å²) in [6, 6.07) is 8.31. The lowest BCUT2D eigenvalue weighted by Gasteiger charge is -2.13. The normalized spacial score (nSPS) is 11.8. The minimum atomic E-state index is 0.672. The van der Waals surface area contributed by atoms with Gasteiger partial charge in [-0.15, -0.1) is 0 Å². The monoisotopic (exact) mass is 294 g/mol. The zero-order valence-corrected chi connectivity index (χ0v) is 14.1. The molecule has 0 aliphatic rings. The summed E-state index contributed by atoms with van der Waals surface area (Å²) in [5.41, 5.74) is 5.74. The minimum Gasteiger partial charge on any atom is -0.344 e. The van der Waals surface area contributed by atoms with Gasteiger partial charge in [-0.25, -0.2) is 0 Å². The second kappa shape index (κ2) is 8.83. The second-order valence-corrected chi connectivity index (χ2v) is 5.39. The molecule has 0 atom stereocenters. The molecule has 0 bridgehead atoms. The van der Waals surface area contributed by atoms with Crippen LogP contribution < -0.4 is 5.32 Å². The molecule has 1 aromatic carbocycles. The van der Waals surface area contributed by atoms with Gasteiger partial charge >= 0.3 is 0 Å². The third kappa shape index (κ3) is 5.21. The first-order chi connectivity index (χ1) is 10.5. The van der Waals surface area contributed by atoms with Crippen molar-refractivity contribution < 1.29 is 0 Å². The van der Waals surface area contributed by atoms with Crippen LogP contribution in [0, 0.1) is 6.92 Å². The third-order valence-electron chi connectivity index (χ3n) is 3.38. The van der Waals surface area contributed by atoms with E-state index >= 15 is 0 Å². The Morgan fingerprint density at radius 2 is 1.86 bits per heavy atom. The van der Waals surface area contributed by atoms with Gasteiger partial charge in [0.25, 0.3) is 0 Å². The molecular weight excluding hydrogens is 268 g/mol. The van der Waals surface area contributed by atoms with Crippen LogP contribution in [0.25, 0.3) is 0 Å². The Bertz CT molecular complexity index is 627. The van der Waals surface area contributed by atoms with Crippen molar-refractivity contribution in [2.75, 3.05) is 0 Å². The topological polar surface area (TPSA) is 24.4 Å². The summed E-state index contributed by atoms with van der Waals surface area (Å²) < 4.78 is 0. The van der Waals surface area contributed by atoms with E-state index in [1.165, 1.54) is 16.7 Å². The molecular formula is C20H26N2. The van der Waals surface area contributed by atoms with Crippen LogP contribution in [-0.4, -0.2) is 5.84 Å². The lowest BCUT2D eigenvalue weighted by molar-refractivity contribution is 1.00. The Balaban J connectivity index is 2.91. The first kappa shape index (κ1) is 17.7. The number of nitrogens with one attached hydrogen (secondary N) is 1. The van der Waals surface area contributed by atoms with Crippen molar-refractivity contribution in [2.24, 2.45) is 4.99 Å². The lowest BCUT2D eigenvalue weighted by atomic mass is 10.1. The highest BCUT2D eigenvalue weighted by Crippen LogP contribution is 2.14. The van der Waals surface area contributed by atoms with Gasteiger partial charge in [0.2, 0.25) is 0 Å². The molecule has 2 heteroatoms. The molecule has 0 radical (unpaired) electrons. The molecule has 0 amide bonds. The summed E-state index contributed by atoms with van der Waals surface area (Å²) in [5.74, 6) is 0.872. The third-order valence-corrected chi connectivity index (χ3v) is 3.38. The predicted octanol–water partition coefficient (Wildman–Crippen LogP) is 5.10. The van der Waals surface area contributed by atoms with Crippen LogP contribution in [0.2, 0.25) is 0 Å². The predicted molar refractivity (Wildman–Crippen MR) is 98.0 cm³/mol. The molecule has 1 N–H and O–H groups in total. The van der Waals surface area contributed by atoms with Crippen LogP contribution in [0.3, 0.4) is 0 Å². The maximum absolute atomic E-state index is 4.63.